The average Bonchev–Trinajstić information content (AvgIpc) is 3.22. The van der Waals surface area contributed by atoms with Gasteiger partial charge in [-0.2, -0.15) is 0 Å². The van der Waals surface area contributed by atoms with Crippen LogP contribution >= 0.6 is 23.2 Å². The molecule has 2 heterocycles. The van der Waals surface area contributed by atoms with E-state index in [1.54, 1.807) is 55.6 Å². The van der Waals surface area contributed by atoms with Crippen LogP contribution in [0.15, 0.2) is 59.0 Å². The molecule has 6 nitrogen and oxygen atoms in total. The number of hydrogen-bond acceptors (Lipinski definition) is 4. The molecule has 0 aliphatic rings. The molecule has 0 fully saturated rings. The van der Waals surface area contributed by atoms with Crippen molar-refractivity contribution in [3.05, 3.63) is 75.9 Å². The molecule has 188 valence electrons. The van der Waals surface area contributed by atoms with Crippen molar-refractivity contribution in [3.8, 4) is 22.5 Å². The van der Waals surface area contributed by atoms with E-state index in [0.29, 0.717) is 44.0 Å². The quantitative estimate of drug-likeness (QED) is 0.272. The first-order valence-corrected chi connectivity index (χ1v) is 12.4. The van der Waals surface area contributed by atoms with Gasteiger partial charge in [-0.1, -0.05) is 49.2 Å². The molecule has 4 aromatic rings. The minimum atomic E-state index is -0.373. The fourth-order valence-corrected chi connectivity index (χ4v) is 3.97. The second-order valence-electron chi connectivity index (χ2n) is 8.86. The van der Waals surface area contributed by atoms with Gasteiger partial charge in [-0.3, -0.25) is 9.59 Å². The summed E-state index contributed by atoms with van der Waals surface area (Å²) in [6.45, 7) is 9.75. The molecule has 2 N–H and O–H groups in total. The third kappa shape index (κ3) is 5.89. The molecule has 0 atom stereocenters. The fraction of sp³-hybridized carbons (Fsp3) is 0.250. The number of nitrogens with zero attached hydrogens (tertiary/aromatic N) is 1. The van der Waals surface area contributed by atoms with Gasteiger partial charge in [0.05, 0.1) is 10.9 Å². The van der Waals surface area contributed by atoms with Crippen molar-refractivity contribution in [2.45, 2.75) is 40.2 Å². The Hall–Kier alpha value is -3.35. The Kier molecular flexibility index (Phi) is 8.43. The lowest BCUT2D eigenvalue weighted by molar-refractivity contribution is 0.0918. The summed E-state index contributed by atoms with van der Waals surface area (Å²) in [5, 5.41) is 6.88. The molecule has 2 aromatic carbocycles. The Bertz CT molecular complexity index is 1400. The van der Waals surface area contributed by atoms with Gasteiger partial charge in [0.15, 0.2) is 0 Å². The van der Waals surface area contributed by atoms with Crippen molar-refractivity contribution in [3.63, 3.8) is 0 Å². The van der Waals surface area contributed by atoms with Crippen LogP contribution < -0.4 is 10.6 Å². The molecule has 0 spiro atoms. The predicted octanol–water partition coefficient (Wildman–Crippen LogP) is 7.38. The Morgan fingerprint density at radius 3 is 2.19 bits per heavy atom. The Morgan fingerprint density at radius 2 is 1.58 bits per heavy atom. The van der Waals surface area contributed by atoms with Gasteiger partial charge in [-0.15, -0.1) is 0 Å². The normalized spacial score (nSPS) is 11.0. The third-order valence-electron chi connectivity index (χ3n) is 5.12. The molecule has 0 saturated heterocycles. The number of rotatable bonds is 4. The largest absolute Gasteiger partial charge is 0.437 e. The molecular weight excluding hydrogens is 497 g/mol. The van der Waals surface area contributed by atoms with E-state index in [4.69, 9.17) is 27.6 Å². The molecule has 8 heteroatoms. The standard InChI is InChI=1S/C26H23Cl2N3O3.C2H6/c1-26(2,3)31-23(32)16-7-5-6-15(12-16)18-13-19-20(24(33)29-4)21(34-25(19)30-22(18)28)14-8-10-17(27)11-9-14;1-2/h5-13H,1-4H3,(H,29,33)(H,31,32);1-2H3. The monoisotopic (exact) mass is 525 g/mol. The van der Waals surface area contributed by atoms with Crippen LogP contribution in [0.5, 0.6) is 0 Å². The van der Waals surface area contributed by atoms with Gasteiger partial charge in [0.2, 0.25) is 5.71 Å². The molecule has 0 unspecified atom stereocenters. The zero-order valence-electron chi connectivity index (χ0n) is 21.1. The lowest BCUT2D eigenvalue weighted by Crippen LogP contribution is -2.40. The van der Waals surface area contributed by atoms with Crippen molar-refractivity contribution in [1.29, 1.82) is 0 Å². The van der Waals surface area contributed by atoms with Crippen LogP contribution in [0.25, 0.3) is 33.6 Å². The van der Waals surface area contributed by atoms with Crippen LogP contribution in [0.3, 0.4) is 0 Å². The van der Waals surface area contributed by atoms with E-state index < -0.39 is 0 Å². The summed E-state index contributed by atoms with van der Waals surface area (Å²) in [6, 6.07) is 15.8. The van der Waals surface area contributed by atoms with Gasteiger partial charge >= 0.3 is 0 Å². The van der Waals surface area contributed by atoms with Crippen molar-refractivity contribution < 1.29 is 14.0 Å². The molecule has 0 radical (unpaired) electrons. The predicted molar refractivity (Wildman–Crippen MR) is 147 cm³/mol. The van der Waals surface area contributed by atoms with Gasteiger partial charge in [0.25, 0.3) is 11.8 Å². The van der Waals surface area contributed by atoms with E-state index in [1.165, 1.54) is 0 Å². The first kappa shape index (κ1) is 27.2. The number of hydrogen-bond donors (Lipinski definition) is 2. The van der Waals surface area contributed by atoms with E-state index in [0.717, 1.165) is 0 Å². The van der Waals surface area contributed by atoms with Gasteiger partial charge in [0, 0.05) is 34.3 Å². The SMILES string of the molecule is CC.CNC(=O)c1c(-c2ccc(Cl)cc2)oc2nc(Cl)c(-c3cccc(C(=O)NC(C)(C)C)c3)cc12. The molecule has 0 saturated carbocycles. The van der Waals surface area contributed by atoms with Gasteiger partial charge in [0.1, 0.15) is 10.9 Å². The first-order chi connectivity index (χ1) is 17.1. The maximum atomic E-state index is 12.8. The highest BCUT2D eigenvalue weighted by Crippen LogP contribution is 2.38. The molecule has 0 bridgehead atoms. The number of carbonyl (C=O) groups is 2. The number of benzene rings is 2. The molecule has 0 aliphatic carbocycles. The molecule has 36 heavy (non-hydrogen) atoms. The minimum absolute atomic E-state index is 0.195. The highest BCUT2D eigenvalue weighted by atomic mass is 35.5. The smallest absolute Gasteiger partial charge is 0.255 e. The van der Waals surface area contributed by atoms with Crippen molar-refractivity contribution in [2.24, 2.45) is 0 Å². The second-order valence-corrected chi connectivity index (χ2v) is 9.65. The number of aromatic nitrogens is 1. The minimum Gasteiger partial charge on any atom is -0.437 e. The Balaban J connectivity index is 0.00000176. The molecular formula is C28H29Cl2N3O3. The van der Waals surface area contributed by atoms with Crippen LogP contribution in [-0.2, 0) is 0 Å². The number of carbonyl (C=O) groups excluding carboxylic acids is 2. The average molecular weight is 526 g/mol. The maximum Gasteiger partial charge on any atom is 0.255 e. The lowest BCUT2D eigenvalue weighted by atomic mass is 10.0. The fourth-order valence-electron chi connectivity index (χ4n) is 3.60. The summed E-state index contributed by atoms with van der Waals surface area (Å²) >= 11 is 12.5. The van der Waals surface area contributed by atoms with E-state index >= 15 is 0 Å². The van der Waals surface area contributed by atoms with E-state index in [9.17, 15) is 9.59 Å². The van der Waals surface area contributed by atoms with Gasteiger partial charge in [-0.05, 0) is 68.8 Å². The van der Waals surface area contributed by atoms with Gasteiger partial charge in [-0.25, -0.2) is 4.98 Å². The third-order valence-corrected chi connectivity index (χ3v) is 5.66. The topological polar surface area (TPSA) is 84.2 Å². The number of halogens is 2. The highest BCUT2D eigenvalue weighted by Gasteiger charge is 2.24. The molecule has 2 amide bonds. The van der Waals surface area contributed by atoms with E-state index in [-0.39, 0.29) is 28.2 Å². The Morgan fingerprint density at radius 1 is 0.917 bits per heavy atom. The highest BCUT2D eigenvalue weighted by molar-refractivity contribution is 6.33. The van der Waals surface area contributed by atoms with Crippen molar-refractivity contribution >= 4 is 46.1 Å². The summed E-state index contributed by atoms with van der Waals surface area (Å²) in [5.74, 6) is -0.152. The summed E-state index contributed by atoms with van der Waals surface area (Å²) in [5.41, 5.74) is 2.64. The van der Waals surface area contributed by atoms with Crippen LogP contribution in [-0.4, -0.2) is 29.4 Å². The summed E-state index contributed by atoms with van der Waals surface area (Å²) < 4.78 is 5.97. The first-order valence-electron chi connectivity index (χ1n) is 11.6. The van der Waals surface area contributed by atoms with E-state index in [2.05, 4.69) is 15.6 Å². The van der Waals surface area contributed by atoms with Crippen LogP contribution in [0.1, 0.15) is 55.3 Å². The second kappa shape index (κ2) is 11.1. The molecule has 2 aromatic heterocycles. The van der Waals surface area contributed by atoms with Gasteiger partial charge < -0.3 is 15.1 Å². The van der Waals surface area contributed by atoms with Crippen LogP contribution in [0.4, 0.5) is 0 Å². The number of furan rings is 1. The Labute approximate surface area is 221 Å². The molecule has 0 aliphatic heterocycles. The maximum absolute atomic E-state index is 12.8. The number of pyridine rings is 1. The summed E-state index contributed by atoms with van der Waals surface area (Å²) in [6.07, 6.45) is 0. The number of nitrogens with one attached hydrogen (secondary N) is 2. The van der Waals surface area contributed by atoms with E-state index in [1.807, 2.05) is 40.7 Å². The van der Waals surface area contributed by atoms with Crippen molar-refractivity contribution in [1.82, 2.24) is 15.6 Å². The summed E-state index contributed by atoms with van der Waals surface area (Å²) in [4.78, 5) is 29.9. The zero-order chi connectivity index (χ0) is 26.6. The van der Waals surface area contributed by atoms with Crippen LogP contribution in [0, 0.1) is 0 Å². The molecule has 4 rings (SSSR count). The van der Waals surface area contributed by atoms with Crippen LogP contribution in [0.2, 0.25) is 10.2 Å². The van der Waals surface area contributed by atoms with Crippen molar-refractivity contribution in [2.75, 3.05) is 7.05 Å². The lowest BCUT2D eigenvalue weighted by Gasteiger charge is -2.20. The number of fused-ring (bicyclic) bond motifs is 1. The summed E-state index contributed by atoms with van der Waals surface area (Å²) in [7, 11) is 1.55. The number of amides is 2. The zero-order valence-corrected chi connectivity index (χ0v) is 22.6.